The number of anilines is 1. The van der Waals surface area contributed by atoms with Gasteiger partial charge in [-0.05, 0) is 31.0 Å². The molecule has 5 heteroatoms. The summed E-state index contributed by atoms with van der Waals surface area (Å²) in [7, 11) is 0. The maximum Gasteiger partial charge on any atom is 0.339 e. The van der Waals surface area contributed by atoms with E-state index in [2.05, 4.69) is 5.32 Å². The molecule has 0 saturated carbocycles. The van der Waals surface area contributed by atoms with Crippen LogP contribution in [0.1, 0.15) is 38.1 Å². The molecule has 1 aromatic carbocycles. The molecule has 0 atom stereocenters. The van der Waals surface area contributed by atoms with E-state index in [0.717, 1.165) is 10.4 Å². The van der Waals surface area contributed by atoms with Gasteiger partial charge in [0.25, 0.3) is 5.91 Å². The molecule has 2 aromatic rings. The Morgan fingerprint density at radius 1 is 1.25 bits per heavy atom. The van der Waals surface area contributed by atoms with E-state index >= 15 is 0 Å². The van der Waals surface area contributed by atoms with E-state index in [1.165, 1.54) is 11.3 Å². The first-order chi connectivity index (χ1) is 9.54. The summed E-state index contributed by atoms with van der Waals surface area (Å²) in [6, 6.07) is 8.74. The molecule has 0 spiro atoms. The second kappa shape index (κ2) is 5.88. The number of benzene rings is 1. The Hall–Kier alpha value is -2.14. The predicted molar refractivity (Wildman–Crippen MR) is 79.8 cm³/mol. The van der Waals surface area contributed by atoms with E-state index in [1.54, 1.807) is 24.3 Å². The van der Waals surface area contributed by atoms with Gasteiger partial charge in [0, 0.05) is 10.4 Å². The van der Waals surface area contributed by atoms with Crippen molar-refractivity contribution in [2.24, 2.45) is 0 Å². The summed E-state index contributed by atoms with van der Waals surface area (Å²) >= 11 is 1.30. The van der Waals surface area contributed by atoms with Crippen molar-refractivity contribution in [2.45, 2.75) is 20.3 Å². The van der Waals surface area contributed by atoms with E-state index in [0.29, 0.717) is 17.0 Å². The fraction of sp³-hybridized carbons (Fsp3) is 0.200. The Kier molecular flexibility index (Phi) is 4.20. The van der Waals surface area contributed by atoms with Crippen molar-refractivity contribution >= 4 is 28.2 Å². The lowest BCUT2D eigenvalue weighted by Gasteiger charge is -2.05. The average molecular weight is 289 g/mol. The van der Waals surface area contributed by atoms with Gasteiger partial charge in [0.15, 0.2) is 0 Å². The largest absolute Gasteiger partial charge is 0.478 e. The second-order valence-electron chi connectivity index (χ2n) is 4.32. The number of hydrogen-bond donors (Lipinski definition) is 2. The molecule has 4 nitrogen and oxygen atoms in total. The van der Waals surface area contributed by atoms with Gasteiger partial charge in [-0.3, -0.25) is 4.79 Å². The molecule has 0 unspecified atom stereocenters. The molecular weight excluding hydrogens is 274 g/mol. The number of aryl methyl sites for hydroxylation is 1. The van der Waals surface area contributed by atoms with Crippen LogP contribution in [0.15, 0.2) is 30.3 Å². The van der Waals surface area contributed by atoms with Gasteiger partial charge < -0.3 is 10.4 Å². The van der Waals surface area contributed by atoms with E-state index < -0.39 is 5.97 Å². The summed E-state index contributed by atoms with van der Waals surface area (Å²) in [5, 5.41) is 12.4. The number of carbonyl (C=O) groups excluding carboxylic acids is 1. The molecule has 0 aliphatic rings. The van der Waals surface area contributed by atoms with Gasteiger partial charge in [-0.15, -0.1) is 11.3 Å². The van der Waals surface area contributed by atoms with Crippen molar-refractivity contribution < 1.29 is 14.7 Å². The fourth-order valence-electron chi connectivity index (χ4n) is 2.08. The van der Waals surface area contributed by atoms with Crippen molar-refractivity contribution in [3.05, 3.63) is 51.9 Å². The van der Waals surface area contributed by atoms with Crippen LogP contribution in [-0.4, -0.2) is 17.0 Å². The summed E-state index contributed by atoms with van der Waals surface area (Å²) in [4.78, 5) is 24.4. The molecule has 20 heavy (non-hydrogen) atoms. The normalized spacial score (nSPS) is 10.3. The van der Waals surface area contributed by atoms with Gasteiger partial charge in [-0.1, -0.05) is 25.1 Å². The van der Waals surface area contributed by atoms with Gasteiger partial charge in [0.05, 0.1) is 5.56 Å². The molecular formula is C15H15NO3S. The third-order valence-electron chi connectivity index (χ3n) is 3.04. The molecule has 0 aliphatic heterocycles. The minimum Gasteiger partial charge on any atom is -0.478 e. The zero-order valence-corrected chi connectivity index (χ0v) is 12.1. The first kappa shape index (κ1) is 14.3. The highest BCUT2D eigenvalue weighted by molar-refractivity contribution is 7.16. The first-order valence-corrected chi connectivity index (χ1v) is 7.08. The quantitative estimate of drug-likeness (QED) is 0.904. The van der Waals surface area contributed by atoms with E-state index in [9.17, 15) is 14.7 Å². The highest BCUT2D eigenvalue weighted by atomic mass is 32.1. The Balaban J connectivity index is 2.35. The summed E-state index contributed by atoms with van der Waals surface area (Å²) in [5.74, 6) is -1.30. The zero-order chi connectivity index (χ0) is 14.7. The second-order valence-corrected chi connectivity index (χ2v) is 5.54. The van der Waals surface area contributed by atoms with Crippen molar-refractivity contribution in [1.29, 1.82) is 0 Å². The number of hydrogen-bond acceptors (Lipinski definition) is 3. The number of carboxylic acids is 1. The average Bonchev–Trinajstić information content (AvgIpc) is 2.75. The lowest BCUT2D eigenvalue weighted by molar-refractivity contribution is 0.0697. The van der Waals surface area contributed by atoms with Crippen LogP contribution < -0.4 is 5.32 Å². The molecule has 0 fully saturated rings. The minimum absolute atomic E-state index is 0.208. The zero-order valence-electron chi connectivity index (χ0n) is 11.3. The molecule has 1 aromatic heterocycles. The van der Waals surface area contributed by atoms with Crippen molar-refractivity contribution in [2.75, 3.05) is 5.32 Å². The molecule has 0 saturated heterocycles. The van der Waals surface area contributed by atoms with Crippen LogP contribution in [0.5, 0.6) is 0 Å². The van der Waals surface area contributed by atoms with Crippen LogP contribution in [0.3, 0.4) is 0 Å². The van der Waals surface area contributed by atoms with Crippen molar-refractivity contribution in [3.8, 4) is 0 Å². The maximum absolute atomic E-state index is 12.1. The standard InChI is InChI=1S/C15H15NO3S/c1-3-11-9(2)20-14(12(11)15(18)19)16-13(17)10-7-5-4-6-8-10/h4-8H,3H2,1-2H3,(H,16,17)(H,18,19). The van der Waals surface area contributed by atoms with Crippen LogP contribution >= 0.6 is 11.3 Å². The Bertz CT molecular complexity index is 647. The Morgan fingerprint density at radius 3 is 2.45 bits per heavy atom. The highest BCUT2D eigenvalue weighted by Crippen LogP contribution is 2.33. The molecule has 2 N–H and O–H groups in total. The van der Waals surface area contributed by atoms with Gasteiger partial charge in [-0.25, -0.2) is 4.79 Å². The number of aromatic carboxylic acids is 1. The van der Waals surface area contributed by atoms with E-state index in [4.69, 9.17) is 0 Å². The number of thiophene rings is 1. The van der Waals surface area contributed by atoms with Crippen molar-refractivity contribution in [1.82, 2.24) is 0 Å². The molecule has 104 valence electrons. The molecule has 0 aliphatic carbocycles. The molecule has 1 heterocycles. The smallest absolute Gasteiger partial charge is 0.339 e. The van der Waals surface area contributed by atoms with Crippen LogP contribution in [0, 0.1) is 6.92 Å². The monoisotopic (exact) mass is 289 g/mol. The van der Waals surface area contributed by atoms with Gasteiger partial charge >= 0.3 is 5.97 Å². The third-order valence-corrected chi connectivity index (χ3v) is 4.10. The van der Waals surface area contributed by atoms with Crippen LogP contribution in [-0.2, 0) is 6.42 Å². The van der Waals surface area contributed by atoms with Crippen LogP contribution in [0.25, 0.3) is 0 Å². The lowest BCUT2D eigenvalue weighted by Crippen LogP contribution is -2.13. The molecule has 1 amide bonds. The number of amides is 1. The van der Waals surface area contributed by atoms with Crippen LogP contribution in [0.4, 0.5) is 5.00 Å². The van der Waals surface area contributed by atoms with Gasteiger partial charge in [-0.2, -0.15) is 0 Å². The van der Waals surface area contributed by atoms with E-state index in [-0.39, 0.29) is 11.5 Å². The first-order valence-electron chi connectivity index (χ1n) is 6.26. The minimum atomic E-state index is -1.01. The molecule has 2 rings (SSSR count). The van der Waals surface area contributed by atoms with Gasteiger partial charge in [0.2, 0.25) is 0 Å². The summed E-state index contributed by atoms with van der Waals surface area (Å²) in [6.45, 7) is 3.78. The van der Waals surface area contributed by atoms with E-state index in [1.807, 2.05) is 19.9 Å². The SMILES string of the molecule is CCc1c(C)sc(NC(=O)c2ccccc2)c1C(=O)O. The summed E-state index contributed by atoms with van der Waals surface area (Å²) < 4.78 is 0. The topological polar surface area (TPSA) is 66.4 Å². The summed E-state index contributed by atoms with van der Waals surface area (Å²) in [5.41, 5.74) is 1.50. The Labute approximate surface area is 121 Å². The molecule has 0 bridgehead atoms. The fourth-order valence-corrected chi connectivity index (χ4v) is 3.22. The highest BCUT2D eigenvalue weighted by Gasteiger charge is 2.22. The maximum atomic E-state index is 12.1. The third kappa shape index (κ3) is 2.72. The lowest BCUT2D eigenvalue weighted by atomic mass is 10.1. The van der Waals surface area contributed by atoms with Gasteiger partial charge in [0.1, 0.15) is 5.00 Å². The number of rotatable bonds is 4. The summed E-state index contributed by atoms with van der Waals surface area (Å²) in [6.07, 6.45) is 0.630. The number of carboxylic acid groups (broad SMARTS) is 1. The number of carbonyl (C=O) groups is 2. The number of nitrogens with one attached hydrogen (secondary N) is 1. The van der Waals surface area contributed by atoms with Crippen LogP contribution in [0.2, 0.25) is 0 Å². The van der Waals surface area contributed by atoms with Crippen molar-refractivity contribution in [3.63, 3.8) is 0 Å². The predicted octanol–water partition coefficient (Wildman–Crippen LogP) is 3.57. The Morgan fingerprint density at radius 2 is 1.90 bits per heavy atom. The molecule has 0 radical (unpaired) electrons.